The van der Waals surface area contributed by atoms with Gasteiger partial charge in [0, 0.05) is 24.7 Å². The van der Waals surface area contributed by atoms with Crippen LogP contribution in [0, 0.1) is 0 Å². The average molecular weight is 434 g/mol. The van der Waals surface area contributed by atoms with Crippen LogP contribution in [-0.4, -0.2) is 63.0 Å². The molecule has 6 N–H and O–H groups in total. The minimum absolute atomic E-state index is 0.0420. The molecule has 10 heteroatoms. The van der Waals surface area contributed by atoms with Gasteiger partial charge in [-0.2, -0.15) is 11.8 Å². The first-order valence-electron chi connectivity index (χ1n) is 9.50. The Labute approximate surface area is 179 Å². The highest BCUT2D eigenvalue weighted by Crippen LogP contribution is 2.07. The van der Waals surface area contributed by atoms with Crippen LogP contribution in [0.15, 0.2) is 42.9 Å². The van der Waals surface area contributed by atoms with E-state index in [1.807, 2.05) is 36.6 Å². The quantitative estimate of drug-likeness (QED) is 0.324. The first-order valence-corrected chi connectivity index (χ1v) is 10.9. The Morgan fingerprint density at radius 1 is 1.13 bits per heavy atom. The predicted octanol–water partition coefficient (Wildman–Crippen LogP) is 0.330. The van der Waals surface area contributed by atoms with E-state index in [1.165, 1.54) is 12.5 Å². The van der Waals surface area contributed by atoms with Gasteiger partial charge in [-0.1, -0.05) is 30.3 Å². The highest BCUT2D eigenvalue weighted by atomic mass is 32.2. The number of aliphatic carboxylic acids is 1. The molecular weight excluding hydrogens is 406 g/mol. The average Bonchev–Trinajstić information content (AvgIpc) is 3.24. The number of imidazole rings is 1. The third kappa shape index (κ3) is 7.53. The van der Waals surface area contributed by atoms with E-state index in [1.54, 1.807) is 11.8 Å². The van der Waals surface area contributed by atoms with Crippen molar-refractivity contribution in [3.63, 3.8) is 0 Å². The maximum Gasteiger partial charge on any atom is 0.326 e. The Balaban J connectivity index is 2.11. The van der Waals surface area contributed by atoms with Crippen LogP contribution < -0.4 is 16.4 Å². The molecule has 1 aromatic carbocycles. The highest BCUT2D eigenvalue weighted by Gasteiger charge is 2.28. The van der Waals surface area contributed by atoms with Gasteiger partial charge in [0.2, 0.25) is 11.8 Å². The van der Waals surface area contributed by atoms with Gasteiger partial charge in [0.15, 0.2) is 0 Å². The number of nitrogens with two attached hydrogens (primary N) is 1. The van der Waals surface area contributed by atoms with Gasteiger partial charge in [0.1, 0.15) is 12.1 Å². The van der Waals surface area contributed by atoms with Crippen molar-refractivity contribution in [2.45, 2.75) is 37.4 Å². The molecular formula is C20H27N5O4S. The SMILES string of the molecule is CSCCC(N)C(=O)NC(Cc1ccccc1)C(=O)NC(Cc1cnc[nH]1)C(=O)O. The van der Waals surface area contributed by atoms with Gasteiger partial charge >= 0.3 is 5.97 Å². The Morgan fingerprint density at radius 3 is 2.43 bits per heavy atom. The summed E-state index contributed by atoms with van der Waals surface area (Å²) in [5, 5.41) is 14.7. The number of hydrogen-bond donors (Lipinski definition) is 5. The molecule has 0 saturated carbocycles. The summed E-state index contributed by atoms with van der Waals surface area (Å²) < 4.78 is 0. The first kappa shape index (κ1) is 23.4. The number of nitrogens with one attached hydrogen (secondary N) is 3. The lowest BCUT2D eigenvalue weighted by atomic mass is 10.0. The van der Waals surface area contributed by atoms with E-state index < -0.39 is 35.9 Å². The van der Waals surface area contributed by atoms with Crippen LogP contribution in [0.25, 0.3) is 0 Å². The Morgan fingerprint density at radius 2 is 1.83 bits per heavy atom. The van der Waals surface area contributed by atoms with E-state index in [4.69, 9.17) is 5.73 Å². The Bertz CT molecular complexity index is 816. The van der Waals surface area contributed by atoms with Crippen molar-refractivity contribution in [3.05, 3.63) is 54.1 Å². The lowest BCUT2D eigenvalue weighted by Gasteiger charge is -2.23. The number of thioether (sulfide) groups is 1. The molecule has 0 aliphatic rings. The second kappa shape index (κ2) is 12.0. The fourth-order valence-electron chi connectivity index (χ4n) is 2.80. The topological polar surface area (TPSA) is 150 Å². The van der Waals surface area contributed by atoms with Crippen molar-refractivity contribution in [2.75, 3.05) is 12.0 Å². The molecule has 2 rings (SSSR count). The molecule has 0 aliphatic heterocycles. The van der Waals surface area contributed by atoms with E-state index in [2.05, 4.69) is 20.6 Å². The fourth-order valence-corrected chi connectivity index (χ4v) is 3.29. The summed E-state index contributed by atoms with van der Waals surface area (Å²) in [6.45, 7) is 0. The molecule has 9 nitrogen and oxygen atoms in total. The monoisotopic (exact) mass is 433 g/mol. The Kier molecular flexibility index (Phi) is 9.36. The van der Waals surface area contributed by atoms with Crippen LogP contribution in [0.1, 0.15) is 17.7 Å². The smallest absolute Gasteiger partial charge is 0.326 e. The second-order valence-corrected chi connectivity index (χ2v) is 7.80. The molecule has 0 spiro atoms. The number of H-pyrrole nitrogens is 1. The van der Waals surface area contributed by atoms with Gasteiger partial charge in [-0.25, -0.2) is 9.78 Å². The number of aromatic nitrogens is 2. The molecule has 2 amide bonds. The van der Waals surface area contributed by atoms with Crippen LogP contribution >= 0.6 is 11.8 Å². The number of aromatic amines is 1. The second-order valence-electron chi connectivity index (χ2n) is 6.82. The van der Waals surface area contributed by atoms with Gasteiger partial charge in [-0.05, 0) is 24.0 Å². The van der Waals surface area contributed by atoms with Crippen LogP contribution in [-0.2, 0) is 27.2 Å². The molecule has 1 heterocycles. The largest absolute Gasteiger partial charge is 0.480 e. The van der Waals surface area contributed by atoms with E-state index in [0.29, 0.717) is 12.1 Å². The van der Waals surface area contributed by atoms with Crippen molar-refractivity contribution in [1.29, 1.82) is 0 Å². The van der Waals surface area contributed by atoms with Gasteiger partial charge in [0.05, 0.1) is 12.4 Å². The zero-order valence-corrected chi connectivity index (χ0v) is 17.5. The van der Waals surface area contributed by atoms with Gasteiger partial charge < -0.3 is 26.5 Å². The number of carboxylic acids is 1. The van der Waals surface area contributed by atoms with Crippen molar-refractivity contribution >= 4 is 29.5 Å². The Hall–Kier alpha value is -2.85. The van der Waals surface area contributed by atoms with Gasteiger partial charge in [0.25, 0.3) is 0 Å². The van der Waals surface area contributed by atoms with Crippen molar-refractivity contribution in [3.8, 4) is 0 Å². The third-order valence-electron chi connectivity index (χ3n) is 4.48. The maximum atomic E-state index is 12.9. The lowest BCUT2D eigenvalue weighted by Crippen LogP contribution is -2.55. The highest BCUT2D eigenvalue weighted by molar-refractivity contribution is 7.98. The van der Waals surface area contributed by atoms with Crippen LogP contribution in [0.5, 0.6) is 0 Å². The minimum atomic E-state index is -1.18. The first-order chi connectivity index (χ1) is 14.4. The molecule has 0 fully saturated rings. The van der Waals surface area contributed by atoms with Crippen molar-refractivity contribution in [2.24, 2.45) is 5.73 Å². The number of carboxylic acid groups (broad SMARTS) is 1. The van der Waals surface area contributed by atoms with Crippen LogP contribution in [0.3, 0.4) is 0 Å². The third-order valence-corrected chi connectivity index (χ3v) is 5.12. The van der Waals surface area contributed by atoms with Gasteiger partial charge in [-0.3, -0.25) is 9.59 Å². The van der Waals surface area contributed by atoms with E-state index in [0.717, 1.165) is 11.3 Å². The summed E-state index contributed by atoms with van der Waals surface area (Å²) >= 11 is 1.58. The number of rotatable bonds is 12. The van der Waals surface area contributed by atoms with E-state index in [9.17, 15) is 19.5 Å². The maximum absolute atomic E-state index is 12.9. The molecule has 0 bridgehead atoms. The zero-order chi connectivity index (χ0) is 21.9. The molecule has 162 valence electrons. The summed E-state index contributed by atoms with van der Waals surface area (Å²) in [7, 11) is 0. The fraction of sp³-hybridized carbons (Fsp3) is 0.400. The molecule has 3 unspecified atom stereocenters. The summed E-state index contributed by atoms with van der Waals surface area (Å²) in [6, 6.07) is 6.30. The number of benzene rings is 1. The normalized spacial score (nSPS) is 13.8. The van der Waals surface area contributed by atoms with Crippen LogP contribution in [0.4, 0.5) is 0 Å². The summed E-state index contributed by atoms with van der Waals surface area (Å²) in [6.07, 6.45) is 5.58. The molecule has 2 aromatic rings. The van der Waals surface area contributed by atoms with E-state index >= 15 is 0 Å². The molecule has 0 radical (unpaired) electrons. The number of nitrogens with zero attached hydrogens (tertiary/aromatic N) is 1. The number of carbonyl (C=O) groups is 3. The summed E-state index contributed by atoms with van der Waals surface area (Å²) in [5.41, 5.74) is 7.33. The molecule has 30 heavy (non-hydrogen) atoms. The molecule has 0 aliphatic carbocycles. The summed E-state index contributed by atoms with van der Waals surface area (Å²) in [4.78, 5) is 43.7. The standard InChI is InChI=1S/C20H27N5O4S/c1-30-8-7-15(21)18(26)24-16(9-13-5-3-2-4-6-13)19(27)25-17(20(28)29)10-14-11-22-12-23-14/h2-6,11-12,15-17H,7-10,21H2,1H3,(H,22,23)(H,24,26)(H,25,27)(H,28,29). The molecule has 0 saturated heterocycles. The van der Waals surface area contributed by atoms with Crippen molar-refractivity contribution < 1.29 is 19.5 Å². The summed E-state index contributed by atoms with van der Waals surface area (Å²) in [5.74, 6) is -1.49. The predicted molar refractivity (Wildman–Crippen MR) is 115 cm³/mol. The number of hydrogen-bond acceptors (Lipinski definition) is 6. The lowest BCUT2D eigenvalue weighted by molar-refractivity contribution is -0.142. The van der Waals surface area contributed by atoms with E-state index in [-0.39, 0.29) is 12.8 Å². The minimum Gasteiger partial charge on any atom is -0.480 e. The van der Waals surface area contributed by atoms with Crippen molar-refractivity contribution in [1.82, 2.24) is 20.6 Å². The molecule has 1 aromatic heterocycles. The van der Waals surface area contributed by atoms with Gasteiger partial charge in [-0.15, -0.1) is 0 Å². The number of carbonyl (C=O) groups excluding carboxylic acids is 2. The van der Waals surface area contributed by atoms with Crippen LogP contribution in [0.2, 0.25) is 0 Å². The zero-order valence-electron chi connectivity index (χ0n) is 16.7. The number of amides is 2. The molecule has 3 atom stereocenters.